The number of carbonyl (C=O) groups excluding carboxylic acids is 1. The van der Waals surface area contributed by atoms with Crippen molar-refractivity contribution in [2.75, 3.05) is 0 Å². The van der Waals surface area contributed by atoms with E-state index >= 15 is 0 Å². The highest BCUT2D eigenvalue weighted by Gasteiger charge is 2.01. The first kappa shape index (κ1) is 11.5. The first-order chi connectivity index (χ1) is 9.26. The van der Waals surface area contributed by atoms with Crippen LogP contribution in [0, 0.1) is 0 Å². The Bertz CT molecular complexity index is 743. The van der Waals surface area contributed by atoms with Gasteiger partial charge in [0.25, 0.3) is 0 Å². The molecule has 0 aromatic heterocycles. The van der Waals surface area contributed by atoms with Gasteiger partial charge in [-0.05, 0) is 40.1 Å². The monoisotopic (exact) mass is 248 g/mol. The summed E-state index contributed by atoms with van der Waals surface area (Å²) >= 11 is 0. The van der Waals surface area contributed by atoms with Crippen molar-refractivity contribution in [2.24, 2.45) is 0 Å². The van der Waals surface area contributed by atoms with E-state index < -0.39 is 0 Å². The van der Waals surface area contributed by atoms with Gasteiger partial charge in [-0.15, -0.1) is 0 Å². The lowest BCUT2D eigenvalue weighted by molar-refractivity contribution is 0.112. The molecule has 0 aliphatic heterocycles. The standard InChI is InChI=1S/C17H12O2/c18-11-12-1-3-13(4-2-12)14-5-6-16-10-17(19)8-7-15(16)9-14/h1-11,19H. The summed E-state index contributed by atoms with van der Waals surface area (Å²) in [6.07, 6.45) is 0.840. The average molecular weight is 248 g/mol. The van der Waals surface area contributed by atoms with E-state index in [9.17, 15) is 9.90 Å². The van der Waals surface area contributed by atoms with Crippen LogP contribution >= 0.6 is 0 Å². The fraction of sp³-hybridized carbons (Fsp3) is 0. The number of carbonyl (C=O) groups is 1. The van der Waals surface area contributed by atoms with Crippen LogP contribution in [-0.4, -0.2) is 11.4 Å². The average Bonchev–Trinajstić information content (AvgIpc) is 2.47. The van der Waals surface area contributed by atoms with Crippen LogP contribution in [0.3, 0.4) is 0 Å². The molecular weight excluding hydrogens is 236 g/mol. The summed E-state index contributed by atoms with van der Waals surface area (Å²) < 4.78 is 0. The third kappa shape index (κ3) is 2.20. The largest absolute Gasteiger partial charge is 0.508 e. The number of aromatic hydroxyl groups is 1. The number of rotatable bonds is 2. The normalized spacial score (nSPS) is 10.5. The van der Waals surface area contributed by atoms with Crippen LogP contribution in [0.4, 0.5) is 0 Å². The van der Waals surface area contributed by atoms with Gasteiger partial charge >= 0.3 is 0 Å². The minimum absolute atomic E-state index is 0.274. The molecule has 3 aromatic carbocycles. The van der Waals surface area contributed by atoms with Crippen LogP contribution in [0.2, 0.25) is 0 Å². The van der Waals surface area contributed by atoms with E-state index in [-0.39, 0.29) is 5.75 Å². The Balaban J connectivity index is 2.09. The van der Waals surface area contributed by atoms with Gasteiger partial charge in [-0.3, -0.25) is 4.79 Å². The Morgan fingerprint density at radius 1 is 0.737 bits per heavy atom. The minimum atomic E-state index is 0.274. The number of benzene rings is 3. The molecule has 3 aromatic rings. The van der Waals surface area contributed by atoms with E-state index in [0.29, 0.717) is 5.56 Å². The molecule has 0 saturated carbocycles. The predicted molar refractivity (Wildman–Crippen MR) is 76.4 cm³/mol. The molecule has 2 heteroatoms. The molecule has 0 aliphatic carbocycles. The molecule has 0 unspecified atom stereocenters. The molecule has 0 amide bonds. The summed E-state index contributed by atoms with van der Waals surface area (Å²) in [6.45, 7) is 0. The van der Waals surface area contributed by atoms with E-state index in [1.807, 2.05) is 42.5 Å². The molecule has 92 valence electrons. The van der Waals surface area contributed by atoms with Crippen molar-refractivity contribution in [3.63, 3.8) is 0 Å². The Morgan fingerprint density at radius 2 is 1.37 bits per heavy atom. The Hall–Kier alpha value is -2.61. The lowest BCUT2D eigenvalue weighted by Gasteiger charge is -2.05. The van der Waals surface area contributed by atoms with E-state index in [4.69, 9.17) is 0 Å². The van der Waals surface area contributed by atoms with Crippen LogP contribution < -0.4 is 0 Å². The van der Waals surface area contributed by atoms with E-state index in [1.54, 1.807) is 12.1 Å². The smallest absolute Gasteiger partial charge is 0.150 e. The van der Waals surface area contributed by atoms with Gasteiger partial charge in [0.1, 0.15) is 12.0 Å². The number of hydrogen-bond donors (Lipinski definition) is 1. The van der Waals surface area contributed by atoms with Crippen LogP contribution in [0.15, 0.2) is 60.7 Å². The summed E-state index contributed by atoms with van der Waals surface area (Å²) in [6, 6.07) is 18.9. The lowest BCUT2D eigenvalue weighted by Crippen LogP contribution is -1.82. The van der Waals surface area contributed by atoms with Crippen LogP contribution in [0.1, 0.15) is 10.4 Å². The number of hydrogen-bond acceptors (Lipinski definition) is 2. The van der Waals surface area contributed by atoms with Crippen molar-refractivity contribution in [3.05, 3.63) is 66.2 Å². The van der Waals surface area contributed by atoms with Crippen LogP contribution in [-0.2, 0) is 0 Å². The molecular formula is C17H12O2. The minimum Gasteiger partial charge on any atom is -0.508 e. The summed E-state index contributed by atoms with van der Waals surface area (Å²) in [4.78, 5) is 10.6. The van der Waals surface area contributed by atoms with Gasteiger partial charge in [0.2, 0.25) is 0 Å². The zero-order valence-corrected chi connectivity index (χ0v) is 10.2. The Morgan fingerprint density at radius 3 is 2.11 bits per heavy atom. The quantitative estimate of drug-likeness (QED) is 0.695. The summed E-state index contributed by atoms with van der Waals surface area (Å²) in [5, 5.41) is 11.5. The Kier molecular flexibility index (Phi) is 2.76. The van der Waals surface area contributed by atoms with E-state index in [2.05, 4.69) is 6.07 Å². The third-order valence-corrected chi connectivity index (χ3v) is 3.20. The Labute approximate surface area is 110 Å². The lowest BCUT2D eigenvalue weighted by atomic mass is 10.0. The van der Waals surface area contributed by atoms with Crippen molar-refractivity contribution in [3.8, 4) is 16.9 Å². The topological polar surface area (TPSA) is 37.3 Å². The number of phenols is 1. The summed E-state index contributed by atoms with van der Waals surface area (Å²) in [7, 11) is 0. The molecule has 2 nitrogen and oxygen atoms in total. The molecule has 0 radical (unpaired) electrons. The molecule has 0 aliphatic rings. The third-order valence-electron chi connectivity index (χ3n) is 3.20. The molecule has 0 spiro atoms. The highest BCUT2D eigenvalue weighted by Crippen LogP contribution is 2.26. The van der Waals surface area contributed by atoms with Crippen molar-refractivity contribution in [1.82, 2.24) is 0 Å². The molecule has 3 rings (SSSR count). The molecule has 0 fully saturated rings. The van der Waals surface area contributed by atoms with Crippen molar-refractivity contribution in [1.29, 1.82) is 0 Å². The number of phenolic OH excluding ortho intramolecular Hbond substituents is 1. The molecule has 0 saturated heterocycles. The van der Waals surface area contributed by atoms with Crippen LogP contribution in [0.5, 0.6) is 5.75 Å². The molecule has 19 heavy (non-hydrogen) atoms. The zero-order valence-electron chi connectivity index (χ0n) is 10.2. The maximum Gasteiger partial charge on any atom is 0.150 e. The van der Waals surface area contributed by atoms with Gasteiger partial charge in [0.15, 0.2) is 0 Å². The van der Waals surface area contributed by atoms with Gasteiger partial charge in [0.05, 0.1) is 0 Å². The predicted octanol–water partition coefficient (Wildman–Crippen LogP) is 4.02. The fourth-order valence-corrected chi connectivity index (χ4v) is 2.17. The van der Waals surface area contributed by atoms with E-state index in [0.717, 1.165) is 28.2 Å². The summed E-state index contributed by atoms with van der Waals surface area (Å²) in [5.74, 6) is 0.274. The SMILES string of the molecule is O=Cc1ccc(-c2ccc3cc(O)ccc3c2)cc1. The molecule has 0 bridgehead atoms. The van der Waals surface area contributed by atoms with Gasteiger partial charge in [-0.1, -0.05) is 42.5 Å². The molecule has 0 atom stereocenters. The molecule has 1 N–H and O–H groups in total. The van der Waals surface area contributed by atoms with Gasteiger partial charge in [0, 0.05) is 5.56 Å². The van der Waals surface area contributed by atoms with Gasteiger partial charge < -0.3 is 5.11 Å². The van der Waals surface area contributed by atoms with E-state index in [1.165, 1.54) is 0 Å². The van der Waals surface area contributed by atoms with Crippen molar-refractivity contribution in [2.45, 2.75) is 0 Å². The summed E-state index contributed by atoms with van der Waals surface area (Å²) in [5.41, 5.74) is 2.84. The number of fused-ring (bicyclic) bond motifs is 1. The highest BCUT2D eigenvalue weighted by atomic mass is 16.3. The first-order valence-corrected chi connectivity index (χ1v) is 6.05. The fourth-order valence-electron chi connectivity index (χ4n) is 2.17. The zero-order chi connectivity index (χ0) is 13.2. The van der Waals surface area contributed by atoms with Crippen LogP contribution in [0.25, 0.3) is 21.9 Å². The maximum absolute atomic E-state index is 10.6. The first-order valence-electron chi connectivity index (χ1n) is 6.05. The maximum atomic E-state index is 10.6. The molecule has 0 heterocycles. The second-order valence-corrected chi connectivity index (χ2v) is 4.49. The second-order valence-electron chi connectivity index (χ2n) is 4.49. The number of aldehydes is 1. The van der Waals surface area contributed by atoms with Gasteiger partial charge in [-0.2, -0.15) is 0 Å². The van der Waals surface area contributed by atoms with Crippen molar-refractivity contribution < 1.29 is 9.90 Å². The highest BCUT2D eigenvalue weighted by molar-refractivity contribution is 5.88. The van der Waals surface area contributed by atoms with Crippen molar-refractivity contribution >= 4 is 17.1 Å². The second kappa shape index (κ2) is 4.58. The van der Waals surface area contributed by atoms with Gasteiger partial charge in [-0.25, -0.2) is 0 Å².